The van der Waals surface area contributed by atoms with Gasteiger partial charge in [-0.3, -0.25) is 4.79 Å². The highest BCUT2D eigenvalue weighted by Crippen LogP contribution is 2.33. The van der Waals surface area contributed by atoms with Crippen LogP contribution in [0.1, 0.15) is 5.69 Å². The minimum Gasteiger partial charge on any atom is -0.318 e. The highest BCUT2D eigenvalue weighted by Gasteiger charge is 2.15. The Bertz CT molecular complexity index is 636. The second-order valence-electron chi connectivity index (χ2n) is 4.26. The van der Waals surface area contributed by atoms with Crippen LogP contribution in [0.5, 0.6) is 0 Å². The number of aryl methyl sites for hydroxylation is 1. The summed E-state index contributed by atoms with van der Waals surface area (Å²) in [6.45, 7) is 2.11. The van der Waals surface area contributed by atoms with Crippen molar-refractivity contribution in [2.45, 2.75) is 13.5 Å². The molecule has 0 saturated carbocycles. The molecule has 2 aromatic rings. The van der Waals surface area contributed by atoms with E-state index in [2.05, 4.69) is 5.32 Å². The van der Waals surface area contributed by atoms with Gasteiger partial charge in [0.25, 0.3) is 5.91 Å². The lowest BCUT2D eigenvalue weighted by atomic mass is 10.3. The number of aromatic nitrogens is 1. The van der Waals surface area contributed by atoms with Gasteiger partial charge in [0.15, 0.2) is 11.9 Å². The third-order valence-electron chi connectivity index (χ3n) is 2.75. The zero-order valence-corrected chi connectivity index (χ0v) is 12.9. The summed E-state index contributed by atoms with van der Waals surface area (Å²) >= 11 is 17.9. The van der Waals surface area contributed by atoms with Crippen LogP contribution in [-0.2, 0) is 11.3 Å². The molecule has 6 heteroatoms. The molecule has 0 aliphatic carbocycles. The van der Waals surface area contributed by atoms with E-state index >= 15 is 0 Å². The predicted octanol–water partition coefficient (Wildman–Crippen LogP) is 3.88. The number of amides is 1. The van der Waals surface area contributed by atoms with Gasteiger partial charge in [0.2, 0.25) is 6.54 Å². The average Bonchev–Trinajstić information content (AvgIpc) is 2.36. The van der Waals surface area contributed by atoms with E-state index in [1.165, 1.54) is 12.1 Å². The Kier molecular flexibility index (Phi) is 4.86. The first kappa shape index (κ1) is 15.1. The summed E-state index contributed by atoms with van der Waals surface area (Å²) in [5.74, 6) is -0.213. The summed E-state index contributed by atoms with van der Waals surface area (Å²) in [5, 5.41) is 3.74. The van der Waals surface area contributed by atoms with E-state index in [9.17, 15) is 4.79 Å². The van der Waals surface area contributed by atoms with E-state index < -0.39 is 0 Å². The molecule has 0 atom stereocenters. The molecule has 1 heterocycles. The van der Waals surface area contributed by atoms with Crippen molar-refractivity contribution in [2.75, 3.05) is 5.32 Å². The van der Waals surface area contributed by atoms with Crippen molar-refractivity contribution in [1.29, 1.82) is 0 Å². The normalized spacial score (nSPS) is 10.4. The number of halogens is 3. The first-order chi connectivity index (χ1) is 9.47. The second-order valence-corrected chi connectivity index (χ2v) is 5.51. The van der Waals surface area contributed by atoms with Gasteiger partial charge < -0.3 is 5.32 Å². The van der Waals surface area contributed by atoms with E-state index in [1.807, 2.05) is 35.9 Å². The first-order valence-corrected chi connectivity index (χ1v) is 7.00. The van der Waals surface area contributed by atoms with Gasteiger partial charge in [0.1, 0.15) is 0 Å². The predicted molar refractivity (Wildman–Crippen MR) is 81.5 cm³/mol. The van der Waals surface area contributed by atoms with E-state index in [1.54, 1.807) is 0 Å². The van der Waals surface area contributed by atoms with E-state index in [4.69, 9.17) is 34.8 Å². The molecule has 1 N–H and O–H groups in total. The van der Waals surface area contributed by atoms with E-state index in [0.29, 0.717) is 20.8 Å². The Hall–Kier alpha value is -1.29. The smallest absolute Gasteiger partial charge is 0.290 e. The number of carbonyl (C=O) groups is 1. The zero-order valence-electron chi connectivity index (χ0n) is 10.7. The van der Waals surface area contributed by atoms with Crippen LogP contribution in [0.2, 0.25) is 15.1 Å². The zero-order chi connectivity index (χ0) is 14.7. The van der Waals surface area contributed by atoms with E-state index in [-0.39, 0.29) is 12.5 Å². The lowest BCUT2D eigenvalue weighted by molar-refractivity contribution is -0.690. The maximum atomic E-state index is 12.0. The number of rotatable bonds is 3. The summed E-state index contributed by atoms with van der Waals surface area (Å²) in [5.41, 5.74) is 1.35. The molecule has 0 spiro atoms. The minimum atomic E-state index is -0.213. The molecule has 104 valence electrons. The van der Waals surface area contributed by atoms with Crippen LogP contribution in [0.4, 0.5) is 5.69 Å². The first-order valence-electron chi connectivity index (χ1n) is 5.87. The van der Waals surface area contributed by atoms with Crippen LogP contribution in [-0.4, -0.2) is 5.91 Å². The van der Waals surface area contributed by atoms with Gasteiger partial charge in [-0.25, -0.2) is 0 Å². The molecular formula is C14H12Cl3N2O+. The largest absolute Gasteiger partial charge is 0.318 e. The summed E-state index contributed by atoms with van der Waals surface area (Å²) in [7, 11) is 0. The van der Waals surface area contributed by atoms with Crippen molar-refractivity contribution in [3.05, 3.63) is 57.3 Å². The molecule has 0 aliphatic heterocycles. The number of anilines is 1. The molecule has 0 radical (unpaired) electrons. The lowest BCUT2D eigenvalue weighted by Crippen LogP contribution is -2.42. The molecule has 0 bridgehead atoms. The van der Waals surface area contributed by atoms with Gasteiger partial charge >= 0.3 is 0 Å². The van der Waals surface area contributed by atoms with Gasteiger partial charge in [-0.05, 0) is 12.1 Å². The number of benzene rings is 1. The summed E-state index contributed by atoms with van der Waals surface area (Å²) < 4.78 is 1.83. The summed E-state index contributed by atoms with van der Waals surface area (Å²) in [4.78, 5) is 12.0. The van der Waals surface area contributed by atoms with Gasteiger partial charge in [0.05, 0.1) is 15.7 Å². The fourth-order valence-electron chi connectivity index (χ4n) is 1.73. The highest BCUT2D eigenvalue weighted by molar-refractivity contribution is 6.42. The molecule has 2 rings (SSSR count). The number of nitrogens with one attached hydrogen (secondary N) is 1. The molecule has 3 nitrogen and oxygen atoms in total. The van der Waals surface area contributed by atoms with Gasteiger partial charge in [-0.15, -0.1) is 0 Å². The Morgan fingerprint density at radius 3 is 2.45 bits per heavy atom. The van der Waals surface area contributed by atoms with Gasteiger partial charge in [-0.1, -0.05) is 40.9 Å². The Labute approximate surface area is 132 Å². The van der Waals surface area contributed by atoms with Crippen LogP contribution < -0.4 is 9.88 Å². The standard InChI is InChI=1S/C14H11Cl3N2O/c1-9-4-2-3-5-19(9)8-13(20)18-14-11(16)6-10(15)7-12(14)17/h2-7H,8H2,1H3/p+1. The van der Waals surface area contributed by atoms with Crippen molar-refractivity contribution >= 4 is 46.4 Å². The van der Waals surface area contributed by atoms with Crippen LogP contribution in [0.25, 0.3) is 0 Å². The lowest BCUT2D eigenvalue weighted by Gasteiger charge is -2.08. The van der Waals surface area contributed by atoms with Gasteiger partial charge in [0, 0.05) is 24.1 Å². The number of hydrogen-bond acceptors (Lipinski definition) is 1. The topological polar surface area (TPSA) is 33.0 Å². The molecule has 1 aromatic heterocycles. The van der Waals surface area contributed by atoms with Crippen LogP contribution >= 0.6 is 34.8 Å². The number of pyridine rings is 1. The van der Waals surface area contributed by atoms with Crippen molar-refractivity contribution in [2.24, 2.45) is 0 Å². The monoisotopic (exact) mass is 329 g/mol. The maximum absolute atomic E-state index is 12.0. The maximum Gasteiger partial charge on any atom is 0.290 e. The van der Waals surface area contributed by atoms with Crippen molar-refractivity contribution in [3.63, 3.8) is 0 Å². The number of carbonyl (C=O) groups excluding carboxylic acids is 1. The Balaban J connectivity index is 2.15. The SMILES string of the molecule is Cc1cccc[n+]1CC(=O)Nc1c(Cl)cc(Cl)cc1Cl. The average molecular weight is 331 g/mol. The molecule has 0 unspecified atom stereocenters. The Morgan fingerprint density at radius 1 is 1.20 bits per heavy atom. The van der Waals surface area contributed by atoms with Crippen LogP contribution in [0.3, 0.4) is 0 Å². The van der Waals surface area contributed by atoms with Crippen LogP contribution in [0.15, 0.2) is 36.5 Å². The number of hydrogen-bond donors (Lipinski definition) is 1. The highest BCUT2D eigenvalue weighted by atomic mass is 35.5. The fraction of sp³-hybridized carbons (Fsp3) is 0.143. The third-order valence-corrected chi connectivity index (χ3v) is 3.57. The van der Waals surface area contributed by atoms with Crippen molar-refractivity contribution in [1.82, 2.24) is 0 Å². The van der Waals surface area contributed by atoms with Crippen molar-refractivity contribution in [3.8, 4) is 0 Å². The number of nitrogens with zero attached hydrogens (tertiary/aromatic N) is 1. The van der Waals surface area contributed by atoms with E-state index in [0.717, 1.165) is 5.69 Å². The van der Waals surface area contributed by atoms with Crippen molar-refractivity contribution < 1.29 is 9.36 Å². The minimum absolute atomic E-state index is 0.182. The molecule has 0 saturated heterocycles. The molecule has 20 heavy (non-hydrogen) atoms. The summed E-state index contributed by atoms with van der Waals surface area (Å²) in [6, 6.07) is 8.77. The molecular weight excluding hydrogens is 319 g/mol. The molecule has 1 amide bonds. The summed E-state index contributed by atoms with van der Waals surface area (Å²) in [6.07, 6.45) is 1.83. The van der Waals surface area contributed by atoms with Gasteiger partial charge in [-0.2, -0.15) is 4.57 Å². The quantitative estimate of drug-likeness (QED) is 0.851. The molecule has 1 aromatic carbocycles. The Morgan fingerprint density at radius 2 is 1.85 bits per heavy atom. The second kappa shape index (κ2) is 6.44. The fourth-order valence-corrected chi connectivity index (χ4v) is 2.65. The van der Waals surface area contributed by atoms with Crippen LogP contribution in [0, 0.1) is 6.92 Å². The molecule has 0 fully saturated rings. The third kappa shape index (κ3) is 3.63. The molecule has 0 aliphatic rings.